The van der Waals surface area contributed by atoms with Gasteiger partial charge in [-0.25, -0.2) is 0 Å². The van der Waals surface area contributed by atoms with Crippen molar-refractivity contribution in [3.05, 3.63) is 36.1 Å². The van der Waals surface area contributed by atoms with E-state index in [0.29, 0.717) is 18.9 Å². The third kappa shape index (κ3) is 2.69. The fraction of sp³-hybridized carbons (Fsp3) is 0.400. The highest BCUT2D eigenvalue weighted by Crippen LogP contribution is 2.19. The van der Waals surface area contributed by atoms with Crippen molar-refractivity contribution in [2.24, 2.45) is 0 Å². The summed E-state index contributed by atoms with van der Waals surface area (Å²) in [6.45, 7) is 4.71. The summed E-state index contributed by atoms with van der Waals surface area (Å²) in [5.41, 5.74) is 0.765. The molecule has 0 amide bonds. The average Bonchev–Trinajstić information content (AvgIpc) is 2.82. The van der Waals surface area contributed by atoms with Crippen LogP contribution in [-0.4, -0.2) is 43.0 Å². The number of ketones is 1. The zero-order valence-corrected chi connectivity index (χ0v) is 11.0. The molecule has 0 spiro atoms. The van der Waals surface area contributed by atoms with E-state index in [1.165, 1.54) is 0 Å². The van der Waals surface area contributed by atoms with E-state index in [2.05, 4.69) is 4.90 Å². The quantitative estimate of drug-likeness (QED) is 0.793. The Balaban J connectivity index is 1.72. The van der Waals surface area contributed by atoms with Crippen LogP contribution in [0, 0.1) is 0 Å². The van der Waals surface area contributed by atoms with Crippen LogP contribution in [-0.2, 0) is 4.74 Å². The van der Waals surface area contributed by atoms with Crippen LogP contribution < -0.4 is 0 Å². The SMILES string of the molecule is CC1CN(CC(=O)c2cc3ccccc3o2)CCO1. The van der Waals surface area contributed by atoms with Gasteiger partial charge in [-0.15, -0.1) is 0 Å². The minimum Gasteiger partial charge on any atom is -0.453 e. The predicted octanol–water partition coefficient (Wildman–Crippen LogP) is 2.34. The molecule has 0 saturated carbocycles. The van der Waals surface area contributed by atoms with Crippen molar-refractivity contribution >= 4 is 16.8 Å². The Morgan fingerprint density at radius 3 is 3.05 bits per heavy atom. The number of Topliss-reactive ketones (excluding diaryl/α,β-unsaturated/α-hetero) is 1. The minimum atomic E-state index is 0.0327. The van der Waals surface area contributed by atoms with Crippen molar-refractivity contribution in [1.29, 1.82) is 0 Å². The number of benzene rings is 1. The van der Waals surface area contributed by atoms with Crippen LogP contribution in [0.25, 0.3) is 11.0 Å². The van der Waals surface area contributed by atoms with Gasteiger partial charge in [0, 0.05) is 18.5 Å². The fourth-order valence-electron chi connectivity index (χ4n) is 2.43. The molecule has 1 aliphatic heterocycles. The first-order chi connectivity index (χ1) is 9.22. The molecule has 3 rings (SSSR count). The summed E-state index contributed by atoms with van der Waals surface area (Å²) in [7, 11) is 0. The molecule has 4 heteroatoms. The molecule has 1 saturated heterocycles. The van der Waals surface area contributed by atoms with E-state index >= 15 is 0 Å². The number of carbonyl (C=O) groups excluding carboxylic acids is 1. The molecule has 0 N–H and O–H groups in total. The van der Waals surface area contributed by atoms with Gasteiger partial charge in [-0.2, -0.15) is 0 Å². The van der Waals surface area contributed by atoms with Crippen LogP contribution in [0.4, 0.5) is 0 Å². The van der Waals surface area contributed by atoms with Crippen LogP contribution in [0.3, 0.4) is 0 Å². The Hall–Kier alpha value is -1.65. The number of hydrogen-bond acceptors (Lipinski definition) is 4. The van der Waals surface area contributed by atoms with Gasteiger partial charge < -0.3 is 9.15 Å². The lowest BCUT2D eigenvalue weighted by molar-refractivity contribution is -0.0160. The van der Waals surface area contributed by atoms with E-state index < -0.39 is 0 Å². The Morgan fingerprint density at radius 2 is 2.26 bits per heavy atom. The summed E-state index contributed by atoms with van der Waals surface area (Å²) < 4.78 is 11.1. The molecule has 1 aromatic carbocycles. The summed E-state index contributed by atoms with van der Waals surface area (Å²) in [4.78, 5) is 14.3. The number of rotatable bonds is 3. The van der Waals surface area contributed by atoms with Gasteiger partial charge in [-0.05, 0) is 19.1 Å². The molecule has 1 aliphatic rings. The molecule has 1 fully saturated rings. The highest BCUT2D eigenvalue weighted by atomic mass is 16.5. The highest BCUT2D eigenvalue weighted by Gasteiger charge is 2.21. The molecule has 100 valence electrons. The lowest BCUT2D eigenvalue weighted by Gasteiger charge is -2.30. The van der Waals surface area contributed by atoms with Crippen molar-refractivity contribution in [2.45, 2.75) is 13.0 Å². The third-order valence-corrected chi connectivity index (χ3v) is 3.39. The maximum absolute atomic E-state index is 12.2. The number of morpholine rings is 1. The first kappa shape index (κ1) is 12.4. The number of furan rings is 1. The number of ether oxygens (including phenoxy) is 1. The molecular weight excluding hydrogens is 242 g/mol. The zero-order chi connectivity index (χ0) is 13.2. The van der Waals surface area contributed by atoms with E-state index in [-0.39, 0.29) is 11.9 Å². The van der Waals surface area contributed by atoms with Crippen LogP contribution in [0.1, 0.15) is 17.5 Å². The topological polar surface area (TPSA) is 42.7 Å². The molecule has 1 unspecified atom stereocenters. The Morgan fingerprint density at radius 1 is 1.42 bits per heavy atom. The van der Waals surface area contributed by atoms with Crippen LogP contribution in [0.5, 0.6) is 0 Å². The van der Waals surface area contributed by atoms with Crippen molar-refractivity contribution in [3.8, 4) is 0 Å². The molecule has 1 aromatic heterocycles. The molecule has 19 heavy (non-hydrogen) atoms. The molecule has 2 heterocycles. The van der Waals surface area contributed by atoms with Crippen molar-refractivity contribution < 1.29 is 13.9 Å². The molecule has 2 aromatic rings. The van der Waals surface area contributed by atoms with Gasteiger partial charge in [0.05, 0.1) is 19.3 Å². The average molecular weight is 259 g/mol. The van der Waals surface area contributed by atoms with E-state index in [1.54, 1.807) is 0 Å². The fourth-order valence-corrected chi connectivity index (χ4v) is 2.43. The van der Waals surface area contributed by atoms with E-state index in [4.69, 9.17) is 9.15 Å². The normalized spacial score (nSPS) is 20.8. The number of fused-ring (bicyclic) bond motifs is 1. The van der Waals surface area contributed by atoms with Gasteiger partial charge in [0.15, 0.2) is 5.76 Å². The summed E-state index contributed by atoms with van der Waals surface area (Å²) in [6.07, 6.45) is 0.192. The van der Waals surface area contributed by atoms with Crippen LogP contribution in [0.2, 0.25) is 0 Å². The number of carbonyl (C=O) groups is 1. The molecule has 4 nitrogen and oxygen atoms in total. The van der Waals surface area contributed by atoms with Gasteiger partial charge >= 0.3 is 0 Å². The van der Waals surface area contributed by atoms with E-state index in [1.807, 2.05) is 37.3 Å². The number of nitrogens with zero attached hydrogens (tertiary/aromatic N) is 1. The lowest BCUT2D eigenvalue weighted by atomic mass is 10.2. The van der Waals surface area contributed by atoms with E-state index in [0.717, 1.165) is 24.1 Å². The lowest BCUT2D eigenvalue weighted by Crippen LogP contribution is -2.43. The Kier molecular flexibility index (Phi) is 3.36. The summed E-state index contributed by atoms with van der Waals surface area (Å²) in [5.74, 6) is 0.477. The minimum absolute atomic E-state index is 0.0327. The second-order valence-electron chi connectivity index (χ2n) is 4.99. The molecule has 1 atom stereocenters. The summed E-state index contributed by atoms with van der Waals surface area (Å²) in [5, 5.41) is 0.973. The number of para-hydroxylation sites is 1. The Labute approximate surface area is 111 Å². The van der Waals surface area contributed by atoms with Gasteiger partial charge in [0.2, 0.25) is 5.78 Å². The molecular formula is C15H17NO3. The van der Waals surface area contributed by atoms with Gasteiger partial charge in [-0.1, -0.05) is 18.2 Å². The Bertz CT molecular complexity index is 557. The van der Waals surface area contributed by atoms with Gasteiger partial charge in [0.25, 0.3) is 0 Å². The van der Waals surface area contributed by atoms with Crippen LogP contribution in [0.15, 0.2) is 34.7 Å². The monoisotopic (exact) mass is 259 g/mol. The standard InChI is InChI=1S/C15H17NO3/c1-11-9-16(6-7-18-11)10-13(17)15-8-12-4-2-3-5-14(12)19-15/h2-5,8,11H,6-7,9-10H2,1H3. The zero-order valence-electron chi connectivity index (χ0n) is 11.0. The summed E-state index contributed by atoms with van der Waals surface area (Å²) in [6, 6.07) is 9.50. The highest BCUT2D eigenvalue weighted by molar-refractivity contribution is 5.98. The van der Waals surface area contributed by atoms with Crippen molar-refractivity contribution in [2.75, 3.05) is 26.2 Å². The second kappa shape index (κ2) is 5.15. The van der Waals surface area contributed by atoms with E-state index in [9.17, 15) is 4.79 Å². The maximum Gasteiger partial charge on any atom is 0.211 e. The second-order valence-corrected chi connectivity index (χ2v) is 4.99. The molecule has 0 aliphatic carbocycles. The summed E-state index contributed by atoms with van der Waals surface area (Å²) >= 11 is 0. The smallest absolute Gasteiger partial charge is 0.211 e. The molecule has 0 radical (unpaired) electrons. The van der Waals surface area contributed by atoms with Crippen LogP contribution >= 0.6 is 0 Å². The first-order valence-electron chi connectivity index (χ1n) is 6.58. The van der Waals surface area contributed by atoms with Crippen molar-refractivity contribution in [1.82, 2.24) is 4.90 Å². The third-order valence-electron chi connectivity index (χ3n) is 3.39. The van der Waals surface area contributed by atoms with Crippen molar-refractivity contribution in [3.63, 3.8) is 0 Å². The van der Waals surface area contributed by atoms with Gasteiger partial charge in [-0.3, -0.25) is 9.69 Å². The largest absolute Gasteiger partial charge is 0.453 e. The van der Waals surface area contributed by atoms with Gasteiger partial charge in [0.1, 0.15) is 5.58 Å². The number of hydrogen-bond donors (Lipinski definition) is 0. The first-order valence-corrected chi connectivity index (χ1v) is 6.58. The predicted molar refractivity (Wildman–Crippen MR) is 72.4 cm³/mol. The molecule has 0 bridgehead atoms. The maximum atomic E-state index is 12.2.